The van der Waals surface area contributed by atoms with Gasteiger partial charge in [0.05, 0.1) is 11.1 Å². The van der Waals surface area contributed by atoms with Crippen LogP contribution in [0, 0.1) is 0 Å². The van der Waals surface area contributed by atoms with E-state index in [1.165, 1.54) is 0 Å². The standard InChI is InChI=1S/C8H7ClN2O2/c9-6-3-10-2-1-5(6)7-4-13-8(12)11-7/h1-3,7H,4H2,(H,11,12). The molecule has 1 fully saturated rings. The Kier molecular flexibility index (Phi) is 2.06. The van der Waals surface area contributed by atoms with Crippen LogP contribution < -0.4 is 5.32 Å². The average molecular weight is 199 g/mol. The molecule has 0 bridgehead atoms. The van der Waals surface area contributed by atoms with Crippen LogP contribution in [0.5, 0.6) is 0 Å². The van der Waals surface area contributed by atoms with Crippen LogP contribution in [0.4, 0.5) is 4.79 Å². The van der Waals surface area contributed by atoms with E-state index >= 15 is 0 Å². The molecule has 1 unspecified atom stereocenters. The highest BCUT2D eigenvalue weighted by molar-refractivity contribution is 6.31. The van der Waals surface area contributed by atoms with Crippen molar-refractivity contribution >= 4 is 17.7 Å². The summed E-state index contributed by atoms with van der Waals surface area (Å²) in [5.41, 5.74) is 0.836. The molecule has 1 amide bonds. The van der Waals surface area contributed by atoms with Crippen LogP contribution in [0.1, 0.15) is 11.6 Å². The summed E-state index contributed by atoms with van der Waals surface area (Å²) < 4.78 is 4.75. The van der Waals surface area contributed by atoms with Gasteiger partial charge in [0.2, 0.25) is 0 Å². The van der Waals surface area contributed by atoms with Crippen molar-refractivity contribution in [3.63, 3.8) is 0 Å². The van der Waals surface area contributed by atoms with Gasteiger partial charge in [0.25, 0.3) is 0 Å². The fraction of sp³-hybridized carbons (Fsp3) is 0.250. The Morgan fingerprint density at radius 1 is 1.69 bits per heavy atom. The fourth-order valence-corrected chi connectivity index (χ4v) is 1.47. The van der Waals surface area contributed by atoms with E-state index in [0.717, 1.165) is 5.56 Å². The molecule has 1 aromatic heterocycles. The molecule has 0 aliphatic carbocycles. The summed E-state index contributed by atoms with van der Waals surface area (Å²) in [5.74, 6) is 0. The second-order valence-electron chi connectivity index (χ2n) is 2.69. The zero-order valence-electron chi connectivity index (χ0n) is 6.66. The number of alkyl carbamates (subject to hydrolysis) is 1. The van der Waals surface area contributed by atoms with Gasteiger partial charge in [-0.25, -0.2) is 4.79 Å². The Labute approximate surface area is 79.9 Å². The first-order valence-corrected chi connectivity index (χ1v) is 4.18. The number of carbonyl (C=O) groups excluding carboxylic acids is 1. The van der Waals surface area contributed by atoms with Crippen LogP contribution in [-0.4, -0.2) is 17.7 Å². The maximum absolute atomic E-state index is 10.7. The summed E-state index contributed by atoms with van der Waals surface area (Å²) in [4.78, 5) is 14.6. The van der Waals surface area contributed by atoms with E-state index in [0.29, 0.717) is 11.6 Å². The molecule has 0 radical (unpaired) electrons. The number of carbonyl (C=O) groups is 1. The maximum atomic E-state index is 10.7. The normalized spacial score (nSPS) is 21.0. The smallest absolute Gasteiger partial charge is 0.407 e. The van der Waals surface area contributed by atoms with Gasteiger partial charge in [0.15, 0.2) is 0 Å². The molecule has 0 saturated carbocycles. The number of hydrogen-bond acceptors (Lipinski definition) is 3. The first-order chi connectivity index (χ1) is 6.27. The predicted octanol–water partition coefficient (Wildman–Crippen LogP) is 1.52. The van der Waals surface area contributed by atoms with Crippen molar-refractivity contribution < 1.29 is 9.53 Å². The lowest BCUT2D eigenvalue weighted by Crippen LogP contribution is -2.18. The van der Waals surface area contributed by atoms with E-state index in [9.17, 15) is 4.79 Å². The number of amides is 1. The largest absolute Gasteiger partial charge is 0.447 e. The van der Waals surface area contributed by atoms with Crippen LogP contribution in [0.25, 0.3) is 0 Å². The minimum Gasteiger partial charge on any atom is -0.447 e. The monoisotopic (exact) mass is 198 g/mol. The van der Waals surface area contributed by atoms with E-state index in [2.05, 4.69) is 10.3 Å². The van der Waals surface area contributed by atoms with Gasteiger partial charge in [-0.2, -0.15) is 0 Å². The van der Waals surface area contributed by atoms with E-state index in [4.69, 9.17) is 16.3 Å². The van der Waals surface area contributed by atoms with E-state index < -0.39 is 6.09 Å². The highest BCUT2D eigenvalue weighted by Gasteiger charge is 2.25. The Hall–Kier alpha value is -1.29. The molecule has 1 N–H and O–H groups in total. The summed E-state index contributed by atoms with van der Waals surface area (Å²) in [7, 11) is 0. The van der Waals surface area contributed by atoms with Crippen molar-refractivity contribution in [2.24, 2.45) is 0 Å². The lowest BCUT2D eigenvalue weighted by atomic mass is 10.1. The number of halogens is 1. The Morgan fingerprint density at radius 2 is 2.54 bits per heavy atom. The van der Waals surface area contributed by atoms with Crippen molar-refractivity contribution in [3.8, 4) is 0 Å². The van der Waals surface area contributed by atoms with E-state index in [1.54, 1.807) is 18.5 Å². The summed E-state index contributed by atoms with van der Waals surface area (Å²) in [6.45, 7) is 0.322. The van der Waals surface area contributed by atoms with Gasteiger partial charge in [-0.15, -0.1) is 0 Å². The number of pyridine rings is 1. The summed E-state index contributed by atoms with van der Waals surface area (Å²) in [5, 5.41) is 3.18. The Balaban J connectivity index is 2.26. The van der Waals surface area contributed by atoms with Crippen molar-refractivity contribution in [2.45, 2.75) is 6.04 Å². The van der Waals surface area contributed by atoms with Crippen molar-refractivity contribution in [1.29, 1.82) is 0 Å². The quantitative estimate of drug-likeness (QED) is 0.744. The molecular weight excluding hydrogens is 192 g/mol. The maximum Gasteiger partial charge on any atom is 0.407 e. The first kappa shape index (κ1) is 8.31. The summed E-state index contributed by atoms with van der Waals surface area (Å²) in [6.07, 6.45) is 2.77. The second-order valence-corrected chi connectivity index (χ2v) is 3.10. The third-order valence-electron chi connectivity index (χ3n) is 1.85. The molecule has 4 nitrogen and oxygen atoms in total. The minimum atomic E-state index is -0.405. The SMILES string of the molecule is O=C1NC(c2ccncc2Cl)CO1. The molecule has 1 aromatic rings. The third kappa shape index (κ3) is 1.58. The highest BCUT2D eigenvalue weighted by atomic mass is 35.5. The minimum absolute atomic E-state index is 0.150. The van der Waals surface area contributed by atoms with Crippen molar-refractivity contribution in [3.05, 3.63) is 29.0 Å². The van der Waals surface area contributed by atoms with Crippen LogP contribution in [0.3, 0.4) is 0 Å². The van der Waals surface area contributed by atoms with Crippen LogP contribution >= 0.6 is 11.6 Å². The number of hydrogen-bond donors (Lipinski definition) is 1. The lowest BCUT2D eigenvalue weighted by Gasteiger charge is -2.08. The molecule has 1 atom stereocenters. The number of cyclic esters (lactones) is 1. The number of nitrogens with one attached hydrogen (secondary N) is 1. The topological polar surface area (TPSA) is 51.2 Å². The number of ether oxygens (including phenoxy) is 1. The van der Waals surface area contributed by atoms with Crippen molar-refractivity contribution in [1.82, 2.24) is 10.3 Å². The molecule has 0 spiro atoms. The van der Waals surface area contributed by atoms with Gasteiger partial charge in [-0.05, 0) is 11.6 Å². The van der Waals surface area contributed by atoms with Gasteiger partial charge >= 0.3 is 6.09 Å². The number of nitrogens with zero attached hydrogens (tertiary/aromatic N) is 1. The fourth-order valence-electron chi connectivity index (χ4n) is 1.22. The summed E-state index contributed by atoms with van der Waals surface area (Å²) in [6, 6.07) is 1.62. The zero-order valence-corrected chi connectivity index (χ0v) is 7.41. The van der Waals surface area contributed by atoms with E-state index in [1.807, 2.05) is 0 Å². The van der Waals surface area contributed by atoms with Gasteiger partial charge in [0.1, 0.15) is 6.61 Å². The van der Waals surface area contributed by atoms with Crippen LogP contribution in [0.15, 0.2) is 18.5 Å². The zero-order chi connectivity index (χ0) is 9.26. The van der Waals surface area contributed by atoms with Crippen LogP contribution in [0.2, 0.25) is 5.02 Å². The molecule has 1 aliphatic heterocycles. The molecule has 5 heteroatoms. The number of rotatable bonds is 1. The summed E-state index contributed by atoms with van der Waals surface area (Å²) >= 11 is 5.88. The highest BCUT2D eigenvalue weighted by Crippen LogP contribution is 2.24. The molecule has 0 aromatic carbocycles. The Morgan fingerprint density at radius 3 is 3.15 bits per heavy atom. The van der Waals surface area contributed by atoms with Gasteiger partial charge in [0, 0.05) is 12.4 Å². The molecule has 1 saturated heterocycles. The predicted molar refractivity (Wildman–Crippen MR) is 46.5 cm³/mol. The lowest BCUT2D eigenvalue weighted by molar-refractivity contribution is 0.177. The molecular formula is C8H7ClN2O2. The molecule has 2 rings (SSSR count). The van der Waals surface area contributed by atoms with E-state index in [-0.39, 0.29) is 6.04 Å². The van der Waals surface area contributed by atoms with Gasteiger partial charge in [-0.1, -0.05) is 11.6 Å². The van der Waals surface area contributed by atoms with Crippen LogP contribution in [-0.2, 0) is 4.74 Å². The van der Waals surface area contributed by atoms with Gasteiger partial charge in [-0.3, -0.25) is 4.98 Å². The first-order valence-electron chi connectivity index (χ1n) is 3.80. The average Bonchev–Trinajstić information content (AvgIpc) is 2.53. The molecule has 68 valence electrons. The Bertz CT molecular complexity index is 343. The third-order valence-corrected chi connectivity index (χ3v) is 2.17. The molecule has 1 aliphatic rings. The van der Waals surface area contributed by atoms with Crippen molar-refractivity contribution in [2.75, 3.05) is 6.61 Å². The molecule has 2 heterocycles. The van der Waals surface area contributed by atoms with Gasteiger partial charge < -0.3 is 10.1 Å². The second kappa shape index (κ2) is 3.22. The number of aromatic nitrogens is 1. The molecule has 13 heavy (non-hydrogen) atoms.